The van der Waals surface area contributed by atoms with Crippen LogP contribution in [0.1, 0.15) is 35.1 Å². The largest absolute Gasteiger partial charge is 0.489 e. The Kier molecular flexibility index (Phi) is 11.1. The number of aromatic nitrogens is 1. The second kappa shape index (κ2) is 16.8. The maximum atomic E-state index is 14.6. The van der Waals surface area contributed by atoms with Crippen LogP contribution in [0.15, 0.2) is 115 Å². The molecule has 0 radical (unpaired) electrons. The molecule has 3 aliphatic rings. The Morgan fingerprint density at radius 3 is 2.31 bits per heavy atom. The number of piperazine rings is 2. The van der Waals surface area contributed by atoms with Crippen LogP contribution in [-0.4, -0.2) is 89.2 Å². The number of nitrogens with one attached hydrogen (secondary N) is 3. The molecule has 3 aliphatic heterocycles. The molecule has 5 aromatic rings. The minimum atomic E-state index is -0.669. The van der Waals surface area contributed by atoms with E-state index in [1.165, 1.54) is 0 Å². The maximum absolute atomic E-state index is 14.6. The van der Waals surface area contributed by atoms with Gasteiger partial charge in [-0.3, -0.25) is 14.9 Å². The summed E-state index contributed by atoms with van der Waals surface area (Å²) in [5, 5.41) is 7.55. The van der Waals surface area contributed by atoms with Crippen LogP contribution in [0.5, 0.6) is 5.75 Å². The number of rotatable bonds is 13. The lowest BCUT2D eigenvalue weighted by Gasteiger charge is -2.55. The van der Waals surface area contributed by atoms with Gasteiger partial charge in [-0.15, -0.1) is 0 Å². The van der Waals surface area contributed by atoms with Gasteiger partial charge < -0.3 is 34.3 Å². The van der Waals surface area contributed by atoms with Crippen LogP contribution in [0.25, 0.3) is 10.9 Å². The molecule has 284 valence electrons. The van der Waals surface area contributed by atoms with Gasteiger partial charge in [0.05, 0.1) is 37.4 Å². The highest BCUT2D eigenvalue weighted by atomic mass is 16.5. The van der Waals surface area contributed by atoms with Crippen molar-refractivity contribution in [2.24, 2.45) is 0 Å². The Balaban J connectivity index is 0.971. The average Bonchev–Trinajstić information content (AvgIpc) is 3.62. The zero-order chi connectivity index (χ0) is 37.6. The van der Waals surface area contributed by atoms with E-state index >= 15 is 0 Å². The predicted octanol–water partition coefficient (Wildman–Crippen LogP) is 5.39. The summed E-state index contributed by atoms with van der Waals surface area (Å²) in [4.78, 5) is 48.8. The van der Waals surface area contributed by atoms with E-state index in [9.17, 15) is 14.4 Å². The van der Waals surface area contributed by atoms with Crippen LogP contribution in [0.4, 0.5) is 4.79 Å². The van der Waals surface area contributed by atoms with Gasteiger partial charge in [0.2, 0.25) is 11.8 Å². The maximum Gasteiger partial charge on any atom is 0.407 e. The summed E-state index contributed by atoms with van der Waals surface area (Å²) < 4.78 is 17.8. The van der Waals surface area contributed by atoms with E-state index in [-0.39, 0.29) is 36.5 Å². The van der Waals surface area contributed by atoms with Gasteiger partial charge in [0, 0.05) is 30.2 Å². The van der Waals surface area contributed by atoms with Crippen LogP contribution in [0, 0.1) is 0 Å². The average molecular weight is 742 g/mol. The number of para-hydroxylation sites is 1. The standard InChI is InChI=1S/C44H47N5O6/c50-42-38(23-33-24-46-37-15-8-7-14-36(33)37)47-39-29-53-28-34(22-30-17-19-35(20-18-30)54-26-31-10-3-1-4-11-31)48-25-41(39)49(42)40(43(48)51)16-9-21-45-44(52)55-27-32-12-5-2-6-13-32/h1-8,10-15,17-20,24,34,38-41,46-47H,9,16,21-23,25-29H2,(H,45,52)/t34-,38-,39-,40+,41-/m0/s1. The molecule has 3 N–H and O–H groups in total. The number of benzene rings is 4. The molecular weight excluding hydrogens is 695 g/mol. The minimum absolute atomic E-state index is 0.0806. The van der Waals surface area contributed by atoms with Gasteiger partial charge in [0.1, 0.15) is 25.0 Å². The lowest BCUT2D eigenvalue weighted by molar-refractivity contribution is -0.171. The summed E-state index contributed by atoms with van der Waals surface area (Å²) in [5.74, 6) is 0.615. The lowest BCUT2D eigenvalue weighted by atomic mass is 9.88. The van der Waals surface area contributed by atoms with Crippen LogP contribution in [0.2, 0.25) is 0 Å². The fourth-order valence-electron chi connectivity index (χ4n) is 8.18. The Labute approximate surface area is 320 Å². The molecule has 55 heavy (non-hydrogen) atoms. The Morgan fingerprint density at radius 1 is 0.800 bits per heavy atom. The summed E-state index contributed by atoms with van der Waals surface area (Å²) in [6.07, 6.45) is 3.45. The Morgan fingerprint density at radius 2 is 1.53 bits per heavy atom. The quantitative estimate of drug-likeness (QED) is 0.138. The summed E-state index contributed by atoms with van der Waals surface area (Å²) in [6, 6.07) is 33.9. The fourth-order valence-corrected chi connectivity index (χ4v) is 8.18. The highest BCUT2D eigenvalue weighted by molar-refractivity contribution is 5.93. The van der Waals surface area contributed by atoms with E-state index in [2.05, 4.69) is 21.7 Å². The van der Waals surface area contributed by atoms with Crippen molar-refractivity contribution in [3.8, 4) is 5.75 Å². The monoisotopic (exact) mass is 741 g/mol. The normalized spacial score (nSPS) is 22.2. The van der Waals surface area contributed by atoms with E-state index in [0.717, 1.165) is 38.9 Å². The fraction of sp³-hybridized carbons (Fsp3) is 0.341. The molecule has 1 aromatic heterocycles. The number of carbonyl (C=O) groups excluding carboxylic acids is 3. The van der Waals surface area contributed by atoms with Crippen molar-refractivity contribution in [1.82, 2.24) is 25.4 Å². The molecule has 2 bridgehead atoms. The van der Waals surface area contributed by atoms with Crippen LogP contribution in [0.3, 0.4) is 0 Å². The van der Waals surface area contributed by atoms with Gasteiger partial charge in [0.15, 0.2) is 0 Å². The van der Waals surface area contributed by atoms with Gasteiger partial charge >= 0.3 is 6.09 Å². The molecule has 11 nitrogen and oxygen atoms in total. The van der Waals surface area contributed by atoms with Crippen LogP contribution in [-0.2, 0) is 45.1 Å². The van der Waals surface area contributed by atoms with Crippen molar-refractivity contribution >= 4 is 28.8 Å². The summed E-state index contributed by atoms with van der Waals surface area (Å²) in [7, 11) is 0. The van der Waals surface area contributed by atoms with Crippen LogP contribution < -0.4 is 15.4 Å². The van der Waals surface area contributed by atoms with E-state index in [4.69, 9.17) is 14.2 Å². The third-order valence-corrected chi connectivity index (χ3v) is 11.0. The number of hydrogen-bond donors (Lipinski definition) is 3. The molecule has 3 saturated heterocycles. The lowest BCUT2D eigenvalue weighted by Crippen LogP contribution is -2.77. The number of nitrogens with zero attached hydrogens (tertiary/aromatic N) is 2. The predicted molar refractivity (Wildman–Crippen MR) is 208 cm³/mol. The van der Waals surface area contributed by atoms with Crippen molar-refractivity contribution in [1.29, 1.82) is 0 Å². The van der Waals surface area contributed by atoms with Crippen molar-refractivity contribution in [3.05, 3.63) is 138 Å². The first-order chi connectivity index (χ1) is 27.0. The molecule has 3 amide bonds. The molecular formula is C44H47N5O6. The van der Waals surface area contributed by atoms with E-state index in [1.807, 2.05) is 119 Å². The minimum Gasteiger partial charge on any atom is -0.489 e. The molecule has 4 aromatic carbocycles. The van der Waals surface area contributed by atoms with Crippen molar-refractivity contribution in [2.75, 3.05) is 26.3 Å². The number of carbonyl (C=O) groups is 3. The highest BCUT2D eigenvalue weighted by Gasteiger charge is 2.52. The molecule has 0 unspecified atom stereocenters. The molecule has 0 saturated carbocycles. The number of hydrogen-bond acceptors (Lipinski definition) is 7. The zero-order valence-corrected chi connectivity index (χ0v) is 30.8. The smallest absolute Gasteiger partial charge is 0.407 e. The summed E-state index contributed by atoms with van der Waals surface area (Å²) in [5.41, 5.74) is 5.13. The third kappa shape index (κ3) is 8.38. The number of ether oxygens (including phenoxy) is 3. The number of H-pyrrole nitrogens is 1. The topological polar surface area (TPSA) is 125 Å². The van der Waals surface area contributed by atoms with Crippen molar-refractivity contribution < 1.29 is 28.6 Å². The highest BCUT2D eigenvalue weighted by Crippen LogP contribution is 2.32. The Bertz CT molecular complexity index is 2070. The Hall–Kier alpha value is -5.65. The molecule has 11 heteroatoms. The van der Waals surface area contributed by atoms with E-state index in [1.54, 1.807) is 0 Å². The first kappa shape index (κ1) is 36.3. The number of alkyl carbamates (subject to hydrolysis) is 1. The third-order valence-electron chi connectivity index (χ3n) is 11.0. The molecule has 5 atom stereocenters. The van der Waals surface area contributed by atoms with Crippen molar-refractivity contribution in [2.45, 2.75) is 69.1 Å². The summed E-state index contributed by atoms with van der Waals surface area (Å²) in [6.45, 7) is 2.20. The number of amides is 3. The van der Waals surface area contributed by atoms with Gasteiger partial charge in [-0.1, -0.05) is 91.0 Å². The van der Waals surface area contributed by atoms with E-state index < -0.39 is 18.2 Å². The van der Waals surface area contributed by atoms with E-state index in [0.29, 0.717) is 58.6 Å². The van der Waals surface area contributed by atoms with Gasteiger partial charge in [-0.25, -0.2) is 4.79 Å². The second-order valence-corrected chi connectivity index (χ2v) is 14.7. The van der Waals surface area contributed by atoms with Crippen molar-refractivity contribution in [3.63, 3.8) is 0 Å². The van der Waals surface area contributed by atoms with Crippen LogP contribution >= 0.6 is 0 Å². The summed E-state index contributed by atoms with van der Waals surface area (Å²) >= 11 is 0. The molecule has 8 rings (SSSR count). The van der Waals surface area contributed by atoms with Gasteiger partial charge in [0.25, 0.3) is 0 Å². The molecule has 0 aliphatic carbocycles. The molecule has 0 spiro atoms. The molecule has 3 fully saturated rings. The number of fused-ring (bicyclic) bond motifs is 2. The second-order valence-electron chi connectivity index (χ2n) is 14.7. The zero-order valence-electron chi connectivity index (χ0n) is 30.8. The SMILES string of the molecule is O=C(NCCC[C@@H]1C(=O)N2C[C@H]3[C@H](COC[C@@H]2Cc2ccc(OCc4ccccc4)cc2)N[C@@H](Cc2c[nH]c4ccccc24)C(=O)N13)OCc1ccccc1. The van der Waals surface area contributed by atoms with Gasteiger partial charge in [-0.2, -0.15) is 0 Å². The molecule has 4 heterocycles. The number of aromatic amines is 1. The van der Waals surface area contributed by atoms with Gasteiger partial charge in [-0.05, 0) is 66.1 Å². The first-order valence-corrected chi connectivity index (χ1v) is 19.2. The first-order valence-electron chi connectivity index (χ1n) is 19.2.